The molecule has 0 saturated carbocycles. The summed E-state index contributed by atoms with van der Waals surface area (Å²) in [5.74, 6) is 3.18. The van der Waals surface area contributed by atoms with Crippen molar-refractivity contribution in [3.63, 3.8) is 0 Å². The average Bonchev–Trinajstić information content (AvgIpc) is 2.36. The number of benzene rings is 1. The number of nitrogens with two attached hydrogens (primary N) is 1. The highest BCUT2D eigenvalue weighted by Gasteiger charge is 2.39. The maximum absolute atomic E-state index is 9.61. The Morgan fingerprint density at radius 2 is 2.29 bits per heavy atom. The molecule has 2 aliphatic heterocycles. The van der Waals surface area contributed by atoms with Crippen LogP contribution in [0.3, 0.4) is 0 Å². The standard InChI is InChI=1S/C13H18N2OS/c1-15-11-3-2-8(16)6-9(11)13(14)10-7-17-5-4-12(10)15/h2-3,6,10,12-13,16H,4-5,7,14H2,1H3. The fraction of sp³-hybridized carbons (Fsp3) is 0.538. The van der Waals surface area contributed by atoms with Gasteiger partial charge in [0.2, 0.25) is 0 Å². The van der Waals surface area contributed by atoms with Gasteiger partial charge in [0.1, 0.15) is 5.75 Å². The van der Waals surface area contributed by atoms with Crippen molar-refractivity contribution in [3.8, 4) is 5.75 Å². The van der Waals surface area contributed by atoms with E-state index in [0.717, 1.165) is 11.3 Å². The second kappa shape index (κ2) is 4.10. The van der Waals surface area contributed by atoms with Gasteiger partial charge >= 0.3 is 0 Å². The summed E-state index contributed by atoms with van der Waals surface area (Å²) in [5, 5.41) is 9.61. The predicted octanol–water partition coefficient (Wildman–Crippen LogP) is 1.96. The van der Waals surface area contributed by atoms with Crippen LogP contribution in [0.25, 0.3) is 0 Å². The lowest BCUT2D eigenvalue weighted by Gasteiger charge is -2.47. The molecule has 3 atom stereocenters. The van der Waals surface area contributed by atoms with Gasteiger partial charge < -0.3 is 15.7 Å². The largest absolute Gasteiger partial charge is 0.508 e. The van der Waals surface area contributed by atoms with E-state index in [0.29, 0.717) is 17.7 Å². The summed E-state index contributed by atoms with van der Waals surface area (Å²) < 4.78 is 0. The van der Waals surface area contributed by atoms with Crippen LogP contribution in [0.1, 0.15) is 18.0 Å². The topological polar surface area (TPSA) is 49.5 Å². The molecule has 1 fully saturated rings. The smallest absolute Gasteiger partial charge is 0.116 e. The Morgan fingerprint density at radius 1 is 1.47 bits per heavy atom. The molecule has 1 saturated heterocycles. The van der Waals surface area contributed by atoms with Crippen LogP contribution in [0.2, 0.25) is 0 Å². The molecule has 92 valence electrons. The molecule has 0 aliphatic carbocycles. The average molecular weight is 250 g/mol. The van der Waals surface area contributed by atoms with Crippen LogP contribution >= 0.6 is 11.8 Å². The van der Waals surface area contributed by atoms with Crippen LogP contribution in [-0.4, -0.2) is 29.7 Å². The van der Waals surface area contributed by atoms with Crippen molar-refractivity contribution in [3.05, 3.63) is 23.8 Å². The van der Waals surface area contributed by atoms with Gasteiger partial charge in [-0.25, -0.2) is 0 Å². The van der Waals surface area contributed by atoms with E-state index in [9.17, 15) is 5.11 Å². The molecule has 4 heteroatoms. The van der Waals surface area contributed by atoms with E-state index in [2.05, 4.69) is 11.9 Å². The molecule has 1 aromatic carbocycles. The van der Waals surface area contributed by atoms with Gasteiger partial charge in [-0.3, -0.25) is 0 Å². The van der Waals surface area contributed by atoms with E-state index < -0.39 is 0 Å². The minimum Gasteiger partial charge on any atom is -0.508 e. The minimum absolute atomic E-state index is 0.0612. The van der Waals surface area contributed by atoms with Crippen molar-refractivity contribution in [2.75, 3.05) is 23.5 Å². The Bertz CT molecular complexity index is 437. The van der Waals surface area contributed by atoms with Crippen LogP contribution in [0.15, 0.2) is 18.2 Å². The summed E-state index contributed by atoms with van der Waals surface area (Å²) in [6.45, 7) is 0. The maximum atomic E-state index is 9.61. The number of phenols is 1. The van der Waals surface area contributed by atoms with Crippen LogP contribution in [0, 0.1) is 5.92 Å². The van der Waals surface area contributed by atoms with Gasteiger partial charge in [-0.05, 0) is 41.7 Å². The number of anilines is 1. The van der Waals surface area contributed by atoms with E-state index in [-0.39, 0.29) is 6.04 Å². The summed E-state index contributed by atoms with van der Waals surface area (Å²) in [6.07, 6.45) is 1.21. The molecule has 3 nitrogen and oxygen atoms in total. The third-order valence-corrected chi connectivity index (χ3v) is 5.22. The molecule has 3 rings (SSSR count). The zero-order valence-corrected chi connectivity index (χ0v) is 10.8. The third kappa shape index (κ3) is 1.70. The van der Waals surface area contributed by atoms with Crippen molar-refractivity contribution in [1.29, 1.82) is 0 Å². The van der Waals surface area contributed by atoms with E-state index in [1.807, 2.05) is 23.9 Å². The Morgan fingerprint density at radius 3 is 3.12 bits per heavy atom. The van der Waals surface area contributed by atoms with Crippen molar-refractivity contribution >= 4 is 17.4 Å². The Kier molecular flexibility index (Phi) is 2.71. The lowest BCUT2D eigenvalue weighted by molar-refractivity contribution is 0.345. The van der Waals surface area contributed by atoms with Crippen LogP contribution in [-0.2, 0) is 0 Å². The highest BCUT2D eigenvalue weighted by atomic mass is 32.2. The maximum Gasteiger partial charge on any atom is 0.116 e. The lowest BCUT2D eigenvalue weighted by Crippen LogP contribution is -2.50. The molecular formula is C13H18N2OS. The van der Waals surface area contributed by atoms with Crippen molar-refractivity contribution < 1.29 is 5.11 Å². The quantitative estimate of drug-likeness (QED) is 0.739. The molecule has 0 radical (unpaired) electrons. The zero-order valence-electron chi connectivity index (χ0n) is 9.97. The number of hydrogen-bond donors (Lipinski definition) is 2. The SMILES string of the molecule is CN1c2ccc(O)cc2C(N)C2CSCCC21. The van der Waals surface area contributed by atoms with Crippen LogP contribution in [0.5, 0.6) is 5.75 Å². The highest BCUT2D eigenvalue weighted by Crippen LogP contribution is 2.44. The van der Waals surface area contributed by atoms with Gasteiger partial charge in [0.05, 0.1) is 0 Å². The lowest BCUT2D eigenvalue weighted by atomic mass is 9.81. The number of hydrogen-bond acceptors (Lipinski definition) is 4. The number of nitrogens with zero attached hydrogens (tertiary/aromatic N) is 1. The molecule has 2 aliphatic rings. The zero-order chi connectivity index (χ0) is 12.0. The van der Waals surface area contributed by atoms with Crippen LogP contribution in [0.4, 0.5) is 5.69 Å². The third-order valence-electron chi connectivity index (χ3n) is 4.07. The normalized spacial score (nSPS) is 31.9. The van der Waals surface area contributed by atoms with Gasteiger partial charge in [0, 0.05) is 30.7 Å². The number of rotatable bonds is 0. The van der Waals surface area contributed by atoms with Crippen molar-refractivity contribution in [2.24, 2.45) is 11.7 Å². The van der Waals surface area contributed by atoms with Crippen molar-refractivity contribution in [1.82, 2.24) is 0 Å². The first-order valence-electron chi connectivity index (χ1n) is 6.07. The number of aromatic hydroxyl groups is 1. The first kappa shape index (κ1) is 11.2. The van der Waals surface area contributed by atoms with Gasteiger partial charge in [0.25, 0.3) is 0 Å². The molecule has 1 aromatic rings. The summed E-state index contributed by atoms with van der Waals surface area (Å²) in [6, 6.07) is 6.18. The van der Waals surface area contributed by atoms with E-state index in [1.54, 1.807) is 6.07 Å². The molecular weight excluding hydrogens is 232 g/mol. The number of fused-ring (bicyclic) bond motifs is 2. The van der Waals surface area contributed by atoms with Crippen LogP contribution < -0.4 is 10.6 Å². The molecule has 3 unspecified atom stereocenters. The molecule has 3 N–H and O–H groups in total. The molecule has 0 amide bonds. The van der Waals surface area contributed by atoms with Gasteiger partial charge in [-0.2, -0.15) is 11.8 Å². The van der Waals surface area contributed by atoms with Crippen molar-refractivity contribution in [2.45, 2.75) is 18.5 Å². The summed E-state index contributed by atoms with van der Waals surface area (Å²) in [4.78, 5) is 2.35. The Labute approximate surface area is 106 Å². The molecule has 0 spiro atoms. The monoisotopic (exact) mass is 250 g/mol. The van der Waals surface area contributed by atoms with Gasteiger partial charge in [-0.15, -0.1) is 0 Å². The van der Waals surface area contributed by atoms with E-state index in [1.165, 1.54) is 17.9 Å². The fourth-order valence-electron chi connectivity index (χ4n) is 3.11. The predicted molar refractivity (Wildman–Crippen MR) is 72.7 cm³/mol. The minimum atomic E-state index is 0.0612. The fourth-order valence-corrected chi connectivity index (χ4v) is 4.39. The molecule has 0 aromatic heterocycles. The van der Waals surface area contributed by atoms with E-state index >= 15 is 0 Å². The first-order valence-corrected chi connectivity index (χ1v) is 7.23. The second-order valence-corrected chi connectivity index (χ2v) is 6.12. The highest BCUT2D eigenvalue weighted by molar-refractivity contribution is 7.99. The summed E-state index contributed by atoms with van der Waals surface area (Å²) in [7, 11) is 2.15. The second-order valence-electron chi connectivity index (χ2n) is 4.97. The summed E-state index contributed by atoms with van der Waals surface area (Å²) in [5.41, 5.74) is 8.66. The number of thioether (sulfide) groups is 1. The number of phenolic OH excluding ortho intramolecular Hbond substituents is 1. The first-order chi connectivity index (χ1) is 8.18. The molecule has 2 heterocycles. The van der Waals surface area contributed by atoms with E-state index in [4.69, 9.17) is 5.73 Å². The molecule has 0 bridgehead atoms. The van der Waals surface area contributed by atoms with Gasteiger partial charge in [0.15, 0.2) is 0 Å². The Hall–Kier alpha value is -0.870. The summed E-state index contributed by atoms with van der Waals surface area (Å²) >= 11 is 2.00. The molecule has 17 heavy (non-hydrogen) atoms. The van der Waals surface area contributed by atoms with Gasteiger partial charge in [-0.1, -0.05) is 0 Å². The Balaban J connectivity index is 2.07.